The number of rotatable bonds is 4. The van der Waals surface area contributed by atoms with Gasteiger partial charge in [0.2, 0.25) is 0 Å². The van der Waals surface area contributed by atoms with Crippen LogP contribution in [0.5, 0.6) is 0 Å². The molecule has 5 heteroatoms. The SMILES string of the molecule is CC(NC(=O)c1cc(N)cn1C1CC1)c1ccsc1. The molecule has 1 unspecified atom stereocenters. The molecule has 1 saturated carbocycles. The topological polar surface area (TPSA) is 60.1 Å². The van der Waals surface area contributed by atoms with Crippen LogP contribution in [0.4, 0.5) is 5.69 Å². The zero-order valence-electron chi connectivity index (χ0n) is 10.8. The van der Waals surface area contributed by atoms with Crippen molar-refractivity contribution in [1.29, 1.82) is 0 Å². The molecule has 0 saturated heterocycles. The molecule has 0 bridgehead atoms. The molecule has 2 aromatic heterocycles. The third-order valence-corrected chi connectivity index (χ3v) is 4.13. The van der Waals surface area contributed by atoms with E-state index in [0.29, 0.717) is 17.4 Å². The number of anilines is 1. The van der Waals surface area contributed by atoms with Gasteiger partial charge in [-0.05, 0) is 48.2 Å². The molecular weight excluding hydrogens is 258 g/mol. The molecule has 2 heterocycles. The van der Waals surface area contributed by atoms with E-state index < -0.39 is 0 Å². The molecule has 19 heavy (non-hydrogen) atoms. The molecule has 3 N–H and O–H groups in total. The number of hydrogen-bond acceptors (Lipinski definition) is 3. The van der Waals surface area contributed by atoms with Crippen molar-refractivity contribution in [3.63, 3.8) is 0 Å². The van der Waals surface area contributed by atoms with Crippen LogP contribution in [-0.4, -0.2) is 10.5 Å². The fourth-order valence-electron chi connectivity index (χ4n) is 2.21. The summed E-state index contributed by atoms with van der Waals surface area (Å²) < 4.78 is 2.00. The van der Waals surface area contributed by atoms with E-state index in [9.17, 15) is 4.79 Å². The Hall–Kier alpha value is -1.75. The highest BCUT2D eigenvalue weighted by Crippen LogP contribution is 2.37. The first-order valence-electron chi connectivity index (χ1n) is 6.45. The molecule has 0 spiro atoms. The lowest BCUT2D eigenvalue weighted by Gasteiger charge is -2.14. The van der Waals surface area contributed by atoms with Crippen molar-refractivity contribution in [3.05, 3.63) is 40.3 Å². The summed E-state index contributed by atoms with van der Waals surface area (Å²) >= 11 is 1.64. The smallest absolute Gasteiger partial charge is 0.268 e. The first-order valence-corrected chi connectivity index (χ1v) is 7.39. The maximum atomic E-state index is 12.3. The summed E-state index contributed by atoms with van der Waals surface area (Å²) in [5.74, 6) is -0.0534. The number of thiophene rings is 1. The van der Waals surface area contributed by atoms with Crippen LogP contribution in [-0.2, 0) is 0 Å². The lowest BCUT2D eigenvalue weighted by Crippen LogP contribution is -2.28. The molecule has 1 aliphatic carbocycles. The maximum absolute atomic E-state index is 12.3. The van der Waals surface area contributed by atoms with Crippen molar-refractivity contribution >= 4 is 22.9 Å². The highest BCUT2D eigenvalue weighted by Gasteiger charge is 2.28. The van der Waals surface area contributed by atoms with Gasteiger partial charge in [-0.2, -0.15) is 11.3 Å². The average molecular weight is 275 g/mol. The third kappa shape index (κ3) is 2.51. The minimum Gasteiger partial charge on any atom is -0.397 e. The summed E-state index contributed by atoms with van der Waals surface area (Å²) in [6.45, 7) is 1.99. The quantitative estimate of drug-likeness (QED) is 0.901. The maximum Gasteiger partial charge on any atom is 0.268 e. The Morgan fingerprint density at radius 3 is 3.00 bits per heavy atom. The van der Waals surface area contributed by atoms with Crippen LogP contribution in [0.1, 0.15) is 47.9 Å². The van der Waals surface area contributed by atoms with E-state index in [2.05, 4.69) is 10.7 Å². The van der Waals surface area contributed by atoms with Gasteiger partial charge in [0.25, 0.3) is 5.91 Å². The van der Waals surface area contributed by atoms with Gasteiger partial charge >= 0.3 is 0 Å². The summed E-state index contributed by atoms with van der Waals surface area (Å²) in [6, 6.07) is 4.26. The number of nitrogens with one attached hydrogen (secondary N) is 1. The van der Waals surface area contributed by atoms with Crippen LogP contribution < -0.4 is 11.1 Å². The molecule has 4 nitrogen and oxygen atoms in total. The number of amides is 1. The minimum atomic E-state index is -0.0534. The Bertz CT molecular complexity index is 584. The Kier molecular flexibility index (Phi) is 3.06. The van der Waals surface area contributed by atoms with Gasteiger partial charge in [0.1, 0.15) is 5.69 Å². The summed E-state index contributed by atoms with van der Waals surface area (Å²) in [6.07, 6.45) is 4.13. The van der Waals surface area contributed by atoms with Gasteiger partial charge in [0.15, 0.2) is 0 Å². The number of carbonyl (C=O) groups is 1. The second-order valence-corrected chi connectivity index (χ2v) is 5.83. The summed E-state index contributed by atoms with van der Waals surface area (Å²) in [5.41, 5.74) is 8.27. The molecule has 1 atom stereocenters. The van der Waals surface area contributed by atoms with Crippen LogP contribution in [0.15, 0.2) is 29.1 Å². The molecular formula is C14H17N3OS. The molecule has 3 rings (SSSR count). The van der Waals surface area contributed by atoms with Gasteiger partial charge in [-0.15, -0.1) is 0 Å². The molecule has 1 aliphatic rings. The fourth-order valence-corrected chi connectivity index (χ4v) is 2.97. The van der Waals surface area contributed by atoms with E-state index in [0.717, 1.165) is 18.4 Å². The van der Waals surface area contributed by atoms with E-state index >= 15 is 0 Å². The van der Waals surface area contributed by atoms with Crippen molar-refractivity contribution in [3.8, 4) is 0 Å². The fraction of sp³-hybridized carbons (Fsp3) is 0.357. The van der Waals surface area contributed by atoms with E-state index in [1.807, 2.05) is 29.1 Å². The van der Waals surface area contributed by atoms with Crippen molar-refractivity contribution in [2.45, 2.75) is 31.8 Å². The second-order valence-electron chi connectivity index (χ2n) is 5.05. The standard InChI is InChI=1S/C14H17N3OS/c1-9(10-4-5-19-8-10)16-14(18)13-6-11(15)7-17(13)12-2-3-12/h4-9,12H,2-3,15H2,1H3,(H,16,18). The first kappa shape index (κ1) is 12.3. The molecule has 2 aromatic rings. The lowest BCUT2D eigenvalue weighted by molar-refractivity contribution is 0.0930. The van der Waals surface area contributed by atoms with Crippen LogP contribution in [0.2, 0.25) is 0 Å². The molecule has 0 aliphatic heterocycles. The minimum absolute atomic E-state index is 0.0162. The predicted octanol–water partition coefficient (Wildman–Crippen LogP) is 2.96. The lowest BCUT2D eigenvalue weighted by atomic mass is 10.2. The third-order valence-electron chi connectivity index (χ3n) is 3.43. The molecule has 0 aromatic carbocycles. The van der Waals surface area contributed by atoms with E-state index in [1.54, 1.807) is 17.4 Å². The summed E-state index contributed by atoms with van der Waals surface area (Å²) in [7, 11) is 0. The average Bonchev–Trinajstić information content (AvgIpc) is 2.91. The second kappa shape index (κ2) is 4.74. The van der Waals surface area contributed by atoms with Gasteiger partial charge in [0.05, 0.1) is 11.7 Å². The Morgan fingerprint density at radius 2 is 2.37 bits per heavy atom. The molecule has 1 amide bonds. The monoisotopic (exact) mass is 275 g/mol. The molecule has 1 fully saturated rings. The normalized spacial score (nSPS) is 16.3. The summed E-state index contributed by atoms with van der Waals surface area (Å²) in [4.78, 5) is 12.3. The molecule has 0 radical (unpaired) electrons. The molecule has 100 valence electrons. The number of hydrogen-bond donors (Lipinski definition) is 2. The van der Waals surface area contributed by atoms with Crippen molar-refractivity contribution in [2.75, 3.05) is 5.73 Å². The number of aromatic nitrogens is 1. The zero-order chi connectivity index (χ0) is 13.4. The van der Waals surface area contributed by atoms with E-state index in [4.69, 9.17) is 5.73 Å². The van der Waals surface area contributed by atoms with Crippen molar-refractivity contribution in [2.24, 2.45) is 0 Å². The van der Waals surface area contributed by atoms with Gasteiger partial charge in [-0.25, -0.2) is 0 Å². The van der Waals surface area contributed by atoms with E-state index in [1.165, 1.54) is 0 Å². The van der Waals surface area contributed by atoms with Crippen LogP contribution in [0.25, 0.3) is 0 Å². The Balaban J connectivity index is 1.77. The van der Waals surface area contributed by atoms with Crippen LogP contribution in [0, 0.1) is 0 Å². The zero-order valence-corrected chi connectivity index (χ0v) is 11.6. The van der Waals surface area contributed by atoms with E-state index in [-0.39, 0.29) is 11.9 Å². The van der Waals surface area contributed by atoms with Crippen LogP contribution in [0.3, 0.4) is 0 Å². The first-order chi connectivity index (χ1) is 9.15. The number of nitrogens with zero attached hydrogens (tertiary/aromatic N) is 1. The van der Waals surface area contributed by atoms with Crippen molar-refractivity contribution < 1.29 is 4.79 Å². The van der Waals surface area contributed by atoms with Gasteiger partial charge in [-0.1, -0.05) is 0 Å². The number of nitrogen functional groups attached to an aromatic ring is 1. The van der Waals surface area contributed by atoms with Gasteiger partial charge < -0.3 is 15.6 Å². The Morgan fingerprint density at radius 1 is 1.58 bits per heavy atom. The van der Waals surface area contributed by atoms with Gasteiger partial charge in [0, 0.05) is 12.2 Å². The largest absolute Gasteiger partial charge is 0.397 e. The van der Waals surface area contributed by atoms with Crippen molar-refractivity contribution in [1.82, 2.24) is 9.88 Å². The van der Waals surface area contributed by atoms with Gasteiger partial charge in [-0.3, -0.25) is 4.79 Å². The van der Waals surface area contributed by atoms with Crippen LogP contribution >= 0.6 is 11.3 Å². The highest BCUT2D eigenvalue weighted by molar-refractivity contribution is 7.07. The Labute approximate surface area is 116 Å². The predicted molar refractivity (Wildman–Crippen MR) is 77.3 cm³/mol. The summed E-state index contributed by atoms with van der Waals surface area (Å²) in [5, 5.41) is 7.10. The number of nitrogens with two attached hydrogens (primary N) is 1. The highest BCUT2D eigenvalue weighted by atomic mass is 32.1. The number of carbonyl (C=O) groups excluding carboxylic acids is 1.